The molecular formula is C19H22F2N2O. The summed E-state index contributed by atoms with van der Waals surface area (Å²) < 4.78 is 27.8. The van der Waals surface area contributed by atoms with Gasteiger partial charge in [-0.3, -0.25) is 4.79 Å². The van der Waals surface area contributed by atoms with Gasteiger partial charge in [0.05, 0.1) is 11.4 Å². The zero-order chi connectivity index (χ0) is 17.9. The van der Waals surface area contributed by atoms with Crippen LogP contribution in [-0.2, 0) is 4.79 Å². The van der Waals surface area contributed by atoms with Gasteiger partial charge < -0.3 is 10.6 Å². The minimum atomic E-state index is -0.479. The maximum absolute atomic E-state index is 13.9. The first-order chi connectivity index (χ1) is 11.4. The molecule has 2 unspecified atom stereocenters. The van der Waals surface area contributed by atoms with Crippen molar-refractivity contribution in [2.75, 3.05) is 24.7 Å². The number of ketones is 1. The van der Waals surface area contributed by atoms with Gasteiger partial charge in [0.15, 0.2) is 0 Å². The van der Waals surface area contributed by atoms with Crippen molar-refractivity contribution in [1.29, 1.82) is 0 Å². The monoisotopic (exact) mass is 332 g/mol. The molecule has 2 rings (SSSR count). The van der Waals surface area contributed by atoms with Gasteiger partial charge in [-0.15, -0.1) is 0 Å². The lowest BCUT2D eigenvalue weighted by molar-refractivity contribution is -0.121. The molecule has 0 aliphatic rings. The summed E-state index contributed by atoms with van der Waals surface area (Å²) in [6, 6.07) is 9.42. The molecule has 0 heterocycles. The van der Waals surface area contributed by atoms with Gasteiger partial charge in [0, 0.05) is 25.9 Å². The fraction of sp³-hybridized carbons (Fsp3) is 0.316. The molecule has 128 valence electrons. The minimum Gasteiger partial charge on any atom is -0.386 e. The highest BCUT2D eigenvalue weighted by Crippen LogP contribution is 2.29. The van der Waals surface area contributed by atoms with Gasteiger partial charge in [-0.25, -0.2) is 8.78 Å². The molecule has 0 saturated heterocycles. The third-order valence-electron chi connectivity index (χ3n) is 4.38. The van der Waals surface area contributed by atoms with Crippen LogP contribution < -0.4 is 10.6 Å². The van der Waals surface area contributed by atoms with Crippen molar-refractivity contribution >= 4 is 17.2 Å². The Morgan fingerprint density at radius 1 is 0.833 bits per heavy atom. The SMILES string of the molecule is CNc1ccc(C(C)C(=O)C(C)c2ccc(NC)c(F)c2)cc1F. The number of halogens is 2. The number of carbonyl (C=O) groups is 1. The highest BCUT2D eigenvalue weighted by molar-refractivity contribution is 5.91. The summed E-state index contributed by atoms with van der Waals surface area (Å²) in [5.74, 6) is -1.83. The molecule has 5 heteroatoms. The molecule has 24 heavy (non-hydrogen) atoms. The maximum Gasteiger partial charge on any atom is 0.147 e. The van der Waals surface area contributed by atoms with Gasteiger partial charge in [-0.2, -0.15) is 0 Å². The largest absolute Gasteiger partial charge is 0.386 e. The van der Waals surface area contributed by atoms with E-state index in [1.807, 2.05) is 0 Å². The van der Waals surface area contributed by atoms with Crippen LogP contribution in [0.15, 0.2) is 36.4 Å². The Bertz CT molecular complexity index is 685. The third kappa shape index (κ3) is 3.55. The lowest BCUT2D eigenvalue weighted by Gasteiger charge is -2.18. The lowest BCUT2D eigenvalue weighted by Crippen LogP contribution is -2.17. The van der Waals surface area contributed by atoms with E-state index >= 15 is 0 Å². The van der Waals surface area contributed by atoms with Crippen LogP contribution in [0.4, 0.5) is 20.2 Å². The van der Waals surface area contributed by atoms with E-state index < -0.39 is 23.5 Å². The van der Waals surface area contributed by atoms with E-state index in [2.05, 4.69) is 10.6 Å². The molecule has 2 aromatic rings. The molecular weight excluding hydrogens is 310 g/mol. The van der Waals surface area contributed by atoms with Gasteiger partial charge in [0.1, 0.15) is 17.4 Å². The average molecular weight is 332 g/mol. The number of carbonyl (C=O) groups excluding carboxylic acids is 1. The van der Waals surface area contributed by atoms with Crippen molar-refractivity contribution in [3.05, 3.63) is 59.2 Å². The van der Waals surface area contributed by atoms with Gasteiger partial charge >= 0.3 is 0 Å². The van der Waals surface area contributed by atoms with Crippen LogP contribution in [0, 0.1) is 11.6 Å². The van der Waals surface area contributed by atoms with Crippen molar-refractivity contribution < 1.29 is 13.6 Å². The molecule has 0 spiro atoms. The lowest BCUT2D eigenvalue weighted by atomic mass is 9.85. The van der Waals surface area contributed by atoms with E-state index in [0.717, 1.165) is 0 Å². The Balaban J connectivity index is 2.23. The highest BCUT2D eigenvalue weighted by atomic mass is 19.1. The van der Waals surface area contributed by atoms with E-state index in [0.29, 0.717) is 22.5 Å². The zero-order valence-corrected chi connectivity index (χ0v) is 14.3. The Labute approximate surface area is 141 Å². The summed E-state index contributed by atoms with van der Waals surface area (Å²) in [6.07, 6.45) is 0. The smallest absolute Gasteiger partial charge is 0.147 e. The number of hydrogen-bond acceptors (Lipinski definition) is 3. The maximum atomic E-state index is 13.9. The predicted molar refractivity (Wildman–Crippen MR) is 93.7 cm³/mol. The topological polar surface area (TPSA) is 41.1 Å². The van der Waals surface area contributed by atoms with Crippen molar-refractivity contribution in [3.63, 3.8) is 0 Å². The summed E-state index contributed by atoms with van der Waals surface area (Å²) in [6.45, 7) is 3.48. The molecule has 2 atom stereocenters. The van der Waals surface area contributed by atoms with Crippen LogP contribution in [0.3, 0.4) is 0 Å². The second-order valence-electron chi connectivity index (χ2n) is 5.82. The van der Waals surface area contributed by atoms with E-state index in [4.69, 9.17) is 0 Å². The van der Waals surface area contributed by atoms with Gasteiger partial charge in [-0.1, -0.05) is 26.0 Å². The molecule has 0 amide bonds. The minimum absolute atomic E-state index is 0.0804. The molecule has 0 aromatic heterocycles. The summed E-state index contributed by atoms with van der Waals surface area (Å²) in [5.41, 5.74) is 1.98. The van der Waals surface area contributed by atoms with Crippen LogP contribution in [0.1, 0.15) is 36.8 Å². The Kier molecular flexibility index (Phi) is 5.54. The average Bonchev–Trinajstić information content (AvgIpc) is 2.59. The quantitative estimate of drug-likeness (QED) is 0.817. The number of hydrogen-bond donors (Lipinski definition) is 2. The van der Waals surface area contributed by atoms with Crippen LogP contribution in [0.2, 0.25) is 0 Å². The van der Waals surface area contributed by atoms with Crippen LogP contribution in [0.5, 0.6) is 0 Å². The molecule has 0 fully saturated rings. The molecule has 0 aliphatic heterocycles. The first-order valence-corrected chi connectivity index (χ1v) is 7.87. The number of benzene rings is 2. The zero-order valence-electron chi connectivity index (χ0n) is 14.3. The van der Waals surface area contributed by atoms with E-state index in [1.54, 1.807) is 52.2 Å². The van der Waals surface area contributed by atoms with Crippen LogP contribution in [0.25, 0.3) is 0 Å². The van der Waals surface area contributed by atoms with Gasteiger partial charge in [0.25, 0.3) is 0 Å². The van der Waals surface area contributed by atoms with Crippen LogP contribution in [-0.4, -0.2) is 19.9 Å². The highest BCUT2D eigenvalue weighted by Gasteiger charge is 2.24. The van der Waals surface area contributed by atoms with E-state index in [9.17, 15) is 13.6 Å². The summed E-state index contributed by atoms with van der Waals surface area (Å²) in [4.78, 5) is 12.7. The van der Waals surface area contributed by atoms with Crippen molar-refractivity contribution in [3.8, 4) is 0 Å². The number of anilines is 2. The number of nitrogens with one attached hydrogen (secondary N) is 2. The molecule has 0 saturated carbocycles. The summed E-state index contributed by atoms with van der Waals surface area (Å²) in [5, 5.41) is 5.50. The van der Waals surface area contributed by atoms with Crippen molar-refractivity contribution in [1.82, 2.24) is 0 Å². The molecule has 0 radical (unpaired) electrons. The van der Waals surface area contributed by atoms with Crippen molar-refractivity contribution in [2.24, 2.45) is 0 Å². The van der Waals surface area contributed by atoms with Gasteiger partial charge in [-0.05, 0) is 35.4 Å². The van der Waals surface area contributed by atoms with Gasteiger partial charge in [0.2, 0.25) is 0 Å². The Morgan fingerprint density at radius 3 is 1.50 bits per heavy atom. The molecule has 0 aliphatic carbocycles. The normalized spacial score (nSPS) is 13.2. The third-order valence-corrected chi connectivity index (χ3v) is 4.38. The predicted octanol–water partition coefficient (Wildman–Crippen LogP) is 4.52. The van der Waals surface area contributed by atoms with E-state index in [1.165, 1.54) is 12.1 Å². The van der Waals surface area contributed by atoms with Crippen molar-refractivity contribution in [2.45, 2.75) is 25.7 Å². The summed E-state index contributed by atoms with van der Waals surface area (Å²) >= 11 is 0. The first kappa shape index (κ1) is 17.9. The second kappa shape index (κ2) is 7.43. The number of Topliss-reactive ketones (excluding diaryl/α,β-unsaturated/α-hetero) is 1. The first-order valence-electron chi connectivity index (χ1n) is 7.87. The standard InChI is InChI=1S/C19H22F2N2O/c1-11(13-5-7-17(22-3)15(20)9-13)19(24)12(2)14-6-8-18(23-4)16(21)10-14/h5-12,22-23H,1-4H3. The molecule has 2 N–H and O–H groups in total. The van der Waals surface area contributed by atoms with E-state index in [-0.39, 0.29) is 5.78 Å². The molecule has 0 bridgehead atoms. The molecule has 3 nitrogen and oxygen atoms in total. The fourth-order valence-corrected chi connectivity index (χ4v) is 2.71. The summed E-state index contributed by atoms with van der Waals surface area (Å²) in [7, 11) is 3.27. The second-order valence-corrected chi connectivity index (χ2v) is 5.82. The number of rotatable bonds is 6. The Morgan fingerprint density at radius 2 is 1.21 bits per heavy atom. The van der Waals surface area contributed by atoms with Crippen LogP contribution >= 0.6 is 0 Å². The fourth-order valence-electron chi connectivity index (χ4n) is 2.71. The molecule has 2 aromatic carbocycles. The Hall–Kier alpha value is -2.43.